The van der Waals surface area contributed by atoms with Crippen molar-refractivity contribution >= 4 is 11.6 Å². The van der Waals surface area contributed by atoms with Gasteiger partial charge < -0.3 is 11.1 Å². The maximum Gasteiger partial charge on any atom is 0.222 e. The molecule has 1 saturated carbocycles. The van der Waals surface area contributed by atoms with Crippen molar-refractivity contribution in [2.45, 2.75) is 25.8 Å². The van der Waals surface area contributed by atoms with Crippen molar-refractivity contribution in [3.63, 3.8) is 0 Å². The lowest BCUT2D eigenvalue weighted by Crippen LogP contribution is -2.18. The summed E-state index contributed by atoms with van der Waals surface area (Å²) >= 11 is 0. The van der Waals surface area contributed by atoms with Crippen molar-refractivity contribution in [2.75, 3.05) is 11.1 Å². The van der Waals surface area contributed by atoms with Crippen LogP contribution in [0.4, 0.5) is 11.6 Å². The third-order valence-electron chi connectivity index (χ3n) is 2.36. The van der Waals surface area contributed by atoms with Gasteiger partial charge in [-0.15, -0.1) is 0 Å². The minimum Gasteiger partial charge on any atom is -0.396 e. The summed E-state index contributed by atoms with van der Waals surface area (Å²) in [5.74, 6) is 1.48. The summed E-state index contributed by atoms with van der Waals surface area (Å²) in [4.78, 5) is 8.16. The number of anilines is 2. The zero-order chi connectivity index (χ0) is 9.26. The quantitative estimate of drug-likeness (QED) is 0.731. The molecule has 0 radical (unpaired) electrons. The fraction of sp³-hybridized carbons (Fsp3) is 0.556. The van der Waals surface area contributed by atoms with E-state index in [2.05, 4.69) is 22.2 Å². The van der Waals surface area contributed by atoms with Gasteiger partial charge in [-0.05, 0) is 25.7 Å². The molecule has 0 aromatic carbocycles. The van der Waals surface area contributed by atoms with Crippen LogP contribution >= 0.6 is 0 Å². The summed E-state index contributed by atoms with van der Waals surface area (Å²) in [6.07, 6.45) is 5.89. The molecule has 2 rings (SSSR count). The Kier molecular flexibility index (Phi) is 2.04. The molecule has 1 fully saturated rings. The van der Waals surface area contributed by atoms with Crippen LogP contribution in [0.2, 0.25) is 0 Å². The number of rotatable bonds is 3. The molecule has 1 atom stereocenters. The molecule has 1 aromatic heterocycles. The molecule has 13 heavy (non-hydrogen) atoms. The molecular formula is C9H14N4. The van der Waals surface area contributed by atoms with Gasteiger partial charge in [0.05, 0.1) is 18.1 Å². The summed E-state index contributed by atoms with van der Waals surface area (Å²) in [7, 11) is 0. The Hall–Kier alpha value is -1.32. The lowest BCUT2D eigenvalue weighted by Gasteiger charge is -2.11. The third-order valence-corrected chi connectivity index (χ3v) is 2.36. The van der Waals surface area contributed by atoms with Gasteiger partial charge in [0.25, 0.3) is 0 Å². The highest BCUT2D eigenvalue weighted by atomic mass is 15.1. The van der Waals surface area contributed by atoms with Crippen LogP contribution in [-0.2, 0) is 0 Å². The van der Waals surface area contributed by atoms with Gasteiger partial charge in [0.1, 0.15) is 0 Å². The Bertz CT molecular complexity index is 278. The average molecular weight is 178 g/mol. The van der Waals surface area contributed by atoms with Crippen LogP contribution in [0.3, 0.4) is 0 Å². The monoisotopic (exact) mass is 178 g/mol. The van der Waals surface area contributed by atoms with Gasteiger partial charge in [0.2, 0.25) is 5.95 Å². The van der Waals surface area contributed by atoms with Crippen molar-refractivity contribution in [1.82, 2.24) is 9.97 Å². The third kappa shape index (κ3) is 2.08. The number of nitrogen functional groups attached to an aromatic ring is 1. The topological polar surface area (TPSA) is 63.8 Å². The molecule has 1 heterocycles. The minimum absolute atomic E-state index is 0.476. The molecule has 0 spiro atoms. The normalized spacial score (nSPS) is 18.2. The van der Waals surface area contributed by atoms with Gasteiger partial charge in [0.15, 0.2) is 0 Å². The Labute approximate surface area is 77.6 Å². The summed E-state index contributed by atoms with van der Waals surface area (Å²) in [6.45, 7) is 2.16. The number of nitrogens with zero attached hydrogens (tertiary/aromatic N) is 2. The van der Waals surface area contributed by atoms with E-state index < -0.39 is 0 Å². The van der Waals surface area contributed by atoms with E-state index in [0.717, 1.165) is 5.92 Å². The van der Waals surface area contributed by atoms with Gasteiger partial charge in [-0.3, -0.25) is 0 Å². The zero-order valence-corrected chi connectivity index (χ0v) is 7.70. The largest absolute Gasteiger partial charge is 0.396 e. The Balaban J connectivity index is 1.96. The molecule has 3 N–H and O–H groups in total. The average Bonchev–Trinajstić information content (AvgIpc) is 2.91. The molecule has 1 unspecified atom stereocenters. The van der Waals surface area contributed by atoms with E-state index in [1.165, 1.54) is 12.8 Å². The maximum atomic E-state index is 5.48. The lowest BCUT2D eigenvalue weighted by atomic mass is 10.2. The van der Waals surface area contributed by atoms with E-state index in [0.29, 0.717) is 17.7 Å². The number of hydrogen-bond acceptors (Lipinski definition) is 4. The smallest absolute Gasteiger partial charge is 0.222 e. The van der Waals surface area contributed by atoms with Gasteiger partial charge in [-0.2, -0.15) is 0 Å². The number of nitrogens with one attached hydrogen (secondary N) is 1. The summed E-state index contributed by atoms with van der Waals surface area (Å²) < 4.78 is 0. The van der Waals surface area contributed by atoms with Crippen LogP contribution in [0.15, 0.2) is 12.4 Å². The van der Waals surface area contributed by atoms with Crippen LogP contribution in [0.5, 0.6) is 0 Å². The van der Waals surface area contributed by atoms with Gasteiger partial charge in [-0.1, -0.05) is 0 Å². The highest BCUT2D eigenvalue weighted by Crippen LogP contribution is 2.33. The number of hydrogen-bond donors (Lipinski definition) is 2. The fourth-order valence-electron chi connectivity index (χ4n) is 1.33. The minimum atomic E-state index is 0.476. The van der Waals surface area contributed by atoms with Crippen LogP contribution < -0.4 is 11.1 Å². The van der Waals surface area contributed by atoms with E-state index in [1.54, 1.807) is 12.4 Å². The molecular weight excluding hydrogens is 164 g/mol. The Morgan fingerprint density at radius 2 is 2.08 bits per heavy atom. The molecule has 1 aliphatic carbocycles. The molecule has 1 aromatic rings. The molecule has 4 nitrogen and oxygen atoms in total. The van der Waals surface area contributed by atoms with Crippen LogP contribution in [0.25, 0.3) is 0 Å². The molecule has 0 aliphatic heterocycles. The lowest BCUT2D eigenvalue weighted by molar-refractivity contribution is 0.686. The highest BCUT2D eigenvalue weighted by Gasteiger charge is 2.28. The van der Waals surface area contributed by atoms with Crippen molar-refractivity contribution in [2.24, 2.45) is 5.92 Å². The van der Waals surface area contributed by atoms with Crippen LogP contribution in [0.1, 0.15) is 19.8 Å². The van der Waals surface area contributed by atoms with E-state index in [-0.39, 0.29) is 0 Å². The first-order valence-electron chi connectivity index (χ1n) is 4.60. The first-order valence-corrected chi connectivity index (χ1v) is 4.60. The SMILES string of the molecule is CC(Nc1ncc(N)cn1)C1CC1. The predicted octanol–water partition coefficient (Wildman–Crippen LogP) is 1.27. The highest BCUT2D eigenvalue weighted by molar-refractivity contribution is 5.36. The molecule has 0 saturated heterocycles. The standard InChI is InChI=1S/C9H14N4/c1-6(7-2-3-7)13-9-11-4-8(10)5-12-9/h4-7H,2-3,10H2,1H3,(H,11,12,13). The Morgan fingerprint density at radius 3 is 2.62 bits per heavy atom. The Morgan fingerprint density at radius 1 is 1.46 bits per heavy atom. The number of nitrogens with two attached hydrogens (primary N) is 1. The van der Waals surface area contributed by atoms with E-state index in [1.807, 2.05) is 0 Å². The maximum absolute atomic E-state index is 5.48. The molecule has 1 aliphatic rings. The zero-order valence-electron chi connectivity index (χ0n) is 7.70. The second-order valence-corrected chi connectivity index (χ2v) is 3.61. The summed E-state index contributed by atoms with van der Waals surface area (Å²) in [5, 5.41) is 3.25. The predicted molar refractivity (Wildman–Crippen MR) is 52.3 cm³/mol. The van der Waals surface area contributed by atoms with Gasteiger partial charge in [0, 0.05) is 6.04 Å². The molecule has 4 heteroatoms. The fourth-order valence-corrected chi connectivity index (χ4v) is 1.33. The van der Waals surface area contributed by atoms with Crippen LogP contribution in [0, 0.1) is 5.92 Å². The second-order valence-electron chi connectivity index (χ2n) is 3.61. The second kappa shape index (κ2) is 3.20. The van der Waals surface area contributed by atoms with E-state index in [4.69, 9.17) is 5.73 Å². The first-order chi connectivity index (χ1) is 6.25. The van der Waals surface area contributed by atoms with E-state index >= 15 is 0 Å². The van der Waals surface area contributed by atoms with E-state index in [9.17, 15) is 0 Å². The van der Waals surface area contributed by atoms with Crippen molar-refractivity contribution in [3.05, 3.63) is 12.4 Å². The van der Waals surface area contributed by atoms with Gasteiger partial charge in [-0.25, -0.2) is 9.97 Å². The van der Waals surface area contributed by atoms with Crippen molar-refractivity contribution in [1.29, 1.82) is 0 Å². The summed E-state index contributed by atoms with van der Waals surface area (Å²) in [6, 6.07) is 0.476. The summed E-state index contributed by atoms with van der Waals surface area (Å²) in [5.41, 5.74) is 6.08. The molecule has 0 bridgehead atoms. The van der Waals surface area contributed by atoms with Crippen molar-refractivity contribution in [3.8, 4) is 0 Å². The molecule has 70 valence electrons. The number of aromatic nitrogens is 2. The first kappa shape index (κ1) is 8.29. The van der Waals surface area contributed by atoms with Crippen LogP contribution in [-0.4, -0.2) is 16.0 Å². The van der Waals surface area contributed by atoms with Gasteiger partial charge >= 0.3 is 0 Å². The van der Waals surface area contributed by atoms with Crippen molar-refractivity contribution < 1.29 is 0 Å². The molecule has 0 amide bonds.